The van der Waals surface area contributed by atoms with Crippen LogP contribution < -0.4 is 5.73 Å². The zero-order valence-electron chi connectivity index (χ0n) is 11.7. The van der Waals surface area contributed by atoms with Crippen molar-refractivity contribution in [2.75, 3.05) is 13.1 Å². The van der Waals surface area contributed by atoms with Crippen LogP contribution in [0.4, 0.5) is 0 Å². The van der Waals surface area contributed by atoms with E-state index in [0.717, 1.165) is 24.8 Å². The summed E-state index contributed by atoms with van der Waals surface area (Å²) in [6, 6.07) is 4.92. The molecule has 1 fully saturated rings. The van der Waals surface area contributed by atoms with E-state index in [-0.39, 0.29) is 9.92 Å². The number of sulfonamides is 1. The second-order valence-electron chi connectivity index (χ2n) is 5.28. The molecule has 0 spiro atoms. The predicted octanol–water partition coefficient (Wildman–Crippen LogP) is 2.61. The summed E-state index contributed by atoms with van der Waals surface area (Å²) >= 11 is 6.13. The molecule has 0 amide bonds. The first-order valence-corrected chi connectivity index (χ1v) is 8.79. The first kappa shape index (κ1) is 15.8. The van der Waals surface area contributed by atoms with E-state index in [2.05, 4.69) is 0 Å². The summed E-state index contributed by atoms with van der Waals surface area (Å²) in [5.74, 6) is 0.512. The molecular formula is C14H21ClN2O2S. The van der Waals surface area contributed by atoms with E-state index in [1.54, 1.807) is 22.5 Å². The van der Waals surface area contributed by atoms with Crippen molar-refractivity contribution in [2.45, 2.75) is 37.6 Å². The van der Waals surface area contributed by atoms with E-state index >= 15 is 0 Å². The summed E-state index contributed by atoms with van der Waals surface area (Å²) in [4.78, 5) is 0.186. The molecule has 112 valence electrons. The maximum atomic E-state index is 12.7. The Morgan fingerprint density at radius 2 is 2.10 bits per heavy atom. The molecule has 0 heterocycles. The lowest BCUT2D eigenvalue weighted by Crippen LogP contribution is -2.33. The second-order valence-corrected chi connectivity index (χ2v) is 7.59. The van der Waals surface area contributed by atoms with Gasteiger partial charge in [-0.2, -0.15) is 4.31 Å². The number of rotatable bonds is 7. The molecule has 0 radical (unpaired) electrons. The Bertz CT molecular complexity index is 571. The normalized spacial score (nSPS) is 15.8. The molecule has 6 heteroatoms. The lowest BCUT2D eigenvalue weighted by atomic mass is 10.2. The molecule has 2 rings (SSSR count). The zero-order valence-corrected chi connectivity index (χ0v) is 13.3. The van der Waals surface area contributed by atoms with Crippen molar-refractivity contribution >= 4 is 21.6 Å². The van der Waals surface area contributed by atoms with Crippen molar-refractivity contribution in [1.82, 2.24) is 4.31 Å². The Balaban J connectivity index is 2.30. The molecule has 1 saturated carbocycles. The summed E-state index contributed by atoms with van der Waals surface area (Å²) in [6.07, 6.45) is 3.04. The van der Waals surface area contributed by atoms with Crippen LogP contribution in [-0.2, 0) is 16.6 Å². The van der Waals surface area contributed by atoms with Crippen molar-refractivity contribution in [3.63, 3.8) is 0 Å². The van der Waals surface area contributed by atoms with Gasteiger partial charge in [0.1, 0.15) is 4.90 Å². The molecule has 1 aliphatic rings. The summed E-state index contributed by atoms with van der Waals surface area (Å²) < 4.78 is 27.0. The predicted molar refractivity (Wildman–Crippen MR) is 81.1 cm³/mol. The van der Waals surface area contributed by atoms with E-state index in [1.807, 2.05) is 6.92 Å². The maximum absolute atomic E-state index is 12.7. The Kier molecular flexibility index (Phi) is 5.07. The van der Waals surface area contributed by atoms with Gasteiger partial charge in [-0.3, -0.25) is 0 Å². The molecular weight excluding hydrogens is 296 g/mol. The Labute approximate surface area is 126 Å². The van der Waals surface area contributed by atoms with Gasteiger partial charge in [0.05, 0.1) is 5.02 Å². The summed E-state index contributed by atoms with van der Waals surface area (Å²) in [5.41, 5.74) is 6.37. The average Bonchev–Trinajstić information content (AvgIpc) is 3.21. The van der Waals surface area contributed by atoms with Crippen LogP contribution in [0, 0.1) is 5.92 Å². The number of hydrogen-bond acceptors (Lipinski definition) is 3. The van der Waals surface area contributed by atoms with Crippen molar-refractivity contribution in [3.05, 3.63) is 28.8 Å². The van der Waals surface area contributed by atoms with Crippen molar-refractivity contribution in [2.24, 2.45) is 11.7 Å². The molecule has 0 atom stereocenters. The van der Waals surface area contributed by atoms with E-state index in [4.69, 9.17) is 17.3 Å². The van der Waals surface area contributed by atoms with E-state index in [9.17, 15) is 8.42 Å². The molecule has 1 aromatic rings. The van der Waals surface area contributed by atoms with Crippen LogP contribution in [0.2, 0.25) is 5.02 Å². The first-order valence-electron chi connectivity index (χ1n) is 6.97. The highest BCUT2D eigenvalue weighted by Crippen LogP contribution is 2.33. The molecule has 1 aromatic carbocycles. The van der Waals surface area contributed by atoms with Gasteiger partial charge in [-0.15, -0.1) is 0 Å². The van der Waals surface area contributed by atoms with Gasteiger partial charge in [-0.25, -0.2) is 8.42 Å². The number of halogens is 1. The van der Waals surface area contributed by atoms with Crippen LogP contribution in [0.3, 0.4) is 0 Å². The summed E-state index contributed by atoms with van der Waals surface area (Å²) in [6.45, 7) is 3.47. The van der Waals surface area contributed by atoms with Crippen molar-refractivity contribution < 1.29 is 8.42 Å². The Morgan fingerprint density at radius 1 is 1.40 bits per heavy atom. The fourth-order valence-corrected chi connectivity index (χ4v) is 4.32. The van der Waals surface area contributed by atoms with Gasteiger partial charge in [0, 0.05) is 19.6 Å². The maximum Gasteiger partial charge on any atom is 0.244 e. The third-order valence-corrected chi connectivity index (χ3v) is 5.83. The van der Waals surface area contributed by atoms with Crippen LogP contribution >= 0.6 is 11.6 Å². The lowest BCUT2D eigenvalue weighted by Gasteiger charge is -2.22. The molecule has 1 aliphatic carbocycles. The molecule has 0 saturated heterocycles. The van der Waals surface area contributed by atoms with E-state index in [1.165, 1.54) is 0 Å². The van der Waals surface area contributed by atoms with Crippen molar-refractivity contribution in [3.8, 4) is 0 Å². The minimum Gasteiger partial charge on any atom is -0.326 e. The van der Waals surface area contributed by atoms with Crippen LogP contribution in [-0.4, -0.2) is 25.8 Å². The molecule has 20 heavy (non-hydrogen) atoms. The fraction of sp³-hybridized carbons (Fsp3) is 0.571. The monoisotopic (exact) mass is 316 g/mol. The van der Waals surface area contributed by atoms with Crippen LogP contribution in [0.15, 0.2) is 23.1 Å². The number of nitrogens with two attached hydrogens (primary N) is 1. The number of hydrogen-bond donors (Lipinski definition) is 1. The third kappa shape index (κ3) is 3.52. The molecule has 0 aliphatic heterocycles. The minimum atomic E-state index is -3.51. The topological polar surface area (TPSA) is 63.4 Å². The van der Waals surface area contributed by atoms with Gasteiger partial charge in [-0.05, 0) is 42.9 Å². The van der Waals surface area contributed by atoms with E-state index < -0.39 is 10.0 Å². The van der Waals surface area contributed by atoms with Gasteiger partial charge in [-0.1, -0.05) is 24.6 Å². The van der Waals surface area contributed by atoms with Gasteiger partial charge >= 0.3 is 0 Å². The first-order chi connectivity index (χ1) is 9.48. The third-order valence-electron chi connectivity index (χ3n) is 3.48. The molecule has 0 aromatic heterocycles. The van der Waals surface area contributed by atoms with Gasteiger partial charge in [0.25, 0.3) is 0 Å². The number of benzene rings is 1. The summed E-state index contributed by atoms with van der Waals surface area (Å²) in [5, 5.41) is 0.254. The average molecular weight is 317 g/mol. The lowest BCUT2D eigenvalue weighted by molar-refractivity contribution is 0.395. The zero-order chi connectivity index (χ0) is 14.8. The minimum absolute atomic E-state index is 0.186. The van der Waals surface area contributed by atoms with Gasteiger partial charge in [0.2, 0.25) is 10.0 Å². The molecule has 0 bridgehead atoms. The highest BCUT2D eigenvalue weighted by atomic mass is 35.5. The van der Waals surface area contributed by atoms with E-state index in [0.29, 0.717) is 25.6 Å². The SMILES string of the molecule is CCCN(CC1CC1)S(=O)(=O)c1ccc(CN)cc1Cl. The van der Waals surface area contributed by atoms with Crippen LogP contribution in [0.5, 0.6) is 0 Å². The van der Waals surface area contributed by atoms with Gasteiger partial charge < -0.3 is 5.73 Å². The second kappa shape index (κ2) is 6.43. The largest absolute Gasteiger partial charge is 0.326 e. The van der Waals surface area contributed by atoms with Crippen LogP contribution in [0.25, 0.3) is 0 Å². The summed E-state index contributed by atoms with van der Waals surface area (Å²) in [7, 11) is -3.51. The Hall–Kier alpha value is -0.620. The molecule has 2 N–H and O–H groups in total. The van der Waals surface area contributed by atoms with Crippen molar-refractivity contribution in [1.29, 1.82) is 0 Å². The highest BCUT2D eigenvalue weighted by Gasteiger charge is 2.32. The molecule has 0 unspecified atom stereocenters. The van der Waals surface area contributed by atoms with Crippen LogP contribution in [0.1, 0.15) is 31.7 Å². The standard InChI is InChI=1S/C14H21ClN2O2S/c1-2-7-17(10-11-3-4-11)20(18,19)14-6-5-12(9-16)8-13(14)15/h5-6,8,11H,2-4,7,9-10,16H2,1H3. The number of nitrogens with zero attached hydrogens (tertiary/aromatic N) is 1. The fourth-order valence-electron chi connectivity index (χ4n) is 2.17. The molecule has 4 nitrogen and oxygen atoms in total. The van der Waals surface area contributed by atoms with Gasteiger partial charge in [0.15, 0.2) is 0 Å². The smallest absolute Gasteiger partial charge is 0.244 e. The quantitative estimate of drug-likeness (QED) is 0.841. The Morgan fingerprint density at radius 3 is 2.60 bits per heavy atom. The highest BCUT2D eigenvalue weighted by molar-refractivity contribution is 7.89.